The summed E-state index contributed by atoms with van der Waals surface area (Å²) in [6.45, 7) is 17.0. The first-order valence-corrected chi connectivity index (χ1v) is 27.2. The summed E-state index contributed by atoms with van der Waals surface area (Å²) in [7, 11) is 3.26. The summed E-state index contributed by atoms with van der Waals surface area (Å²) in [6, 6.07) is 48.0. The summed E-state index contributed by atoms with van der Waals surface area (Å²) in [4.78, 5) is 0. The van der Waals surface area contributed by atoms with Crippen LogP contribution in [-0.2, 0) is 12.8 Å². The minimum absolute atomic E-state index is 0.0579. The molecule has 6 aromatic rings. The summed E-state index contributed by atoms with van der Waals surface area (Å²) in [5.74, 6) is 3.71. The van der Waals surface area contributed by atoms with Crippen molar-refractivity contribution in [2.75, 3.05) is 34.0 Å². The number of hydrogen-bond acceptors (Lipinski definition) is 7. The highest BCUT2D eigenvalue weighted by molar-refractivity contribution is 5.55. The van der Waals surface area contributed by atoms with E-state index in [0.717, 1.165) is 53.7 Å². The van der Waals surface area contributed by atoms with E-state index in [9.17, 15) is 10.2 Å². The zero-order valence-corrected chi connectivity index (χ0v) is 45.5. The van der Waals surface area contributed by atoms with E-state index in [4.69, 9.17) is 23.7 Å². The van der Waals surface area contributed by atoms with Crippen molar-refractivity contribution in [1.82, 2.24) is 0 Å². The first-order valence-electron chi connectivity index (χ1n) is 27.2. The van der Waals surface area contributed by atoms with Gasteiger partial charge in [-0.25, -0.2) is 0 Å². The fraction of sp³-hybridized carbons (Fsp3) is 0.403. The van der Waals surface area contributed by atoms with Crippen molar-refractivity contribution < 1.29 is 33.9 Å². The van der Waals surface area contributed by atoms with Gasteiger partial charge in [0.2, 0.25) is 0 Å². The number of methoxy groups -OCH3 is 2. The van der Waals surface area contributed by atoms with E-state index in [1.165, 1.54) is 80.0 Å². The van der Waals surface area contributed by atoms with Gasteiger partial charge in [-0.15, -0.1) is 13.2 Å². The second-order valence-electron chi connectivity index (χ2n) is 19.6. The molecule has 6 aromatic carbocycles. The molecule has 0 amide bonds. The smallest absolute Gasteiger partial charge is 0.161 e. The largest absolute Gasteiger partial charge is 0.493 e. The Labute approximate surface area is 445 Å². The Balaban J connectivity index is 0.000000320. The van der Waals surface area contributed by atoms with Crippen molar-refractivity contribution in [3.63, 3.8) is 0 Å². The van der Waals surface area contributed by atoms with Gasteiger partial charge < -0.3 is 33.9 Å². The molecular weight excluding hydrogens is 917 g/mol. The highest BCUT2D eigenvalue weighted by Crippen LogP contribution is 2.43. The number of rotatable bonds is 32. The van der Waals surface area contributed by atoms with Crippen molar-refractivity contribution in [3.05, 3.63) is 209 Å². The minimum atomic E-state index is -0.866. The molecule has 0 heterocycles. The minimum Gasteiger partial charge on any atom is -0.493 e. The molecular formula is C67H86O7. The van der Waals surface area contributed by atoms with E-state index in [0.29, 0.717) is 29.6 Å². The molecule has 0 aliphatic carbocycles. The van der Waals surface area contributed by atoms with Gasteiger partial charge in [-0.05, 0) is 76.9 Å². The number of hydrogen-bond donors (Lipinski definition) is 2. The molecule has 0 saturated heterocycles. The molecule has 0 radical (unpaired) electrons. The zero-order chi connectivity index (χ0) is 52.9. The third kappa shape index (κ3) is 18.9. The van der Waals surface area contributed by atoms with Crippen LogP contribution in [0, 0.1) is 0 Å². The van der Waals surface area contributed by atoms with Gasteiger partial charge in [-0.3, -0.25) is 0 Å². The Hall–Kier alpha value is -6.28. The van der Waals surface area contributed by atoms with Gasteiger partial charge in [0, 0.05) is 28.9 Å². The topological polar surface area (TPSA) is 86.6 Å². The summed E-state index contributed by atoms with van der Waals surface area (Å²) >= 11 is 0. The normalized spacial score (nSPS) is 13.0. The van der Waals surface area contributed by atoms with Crippen LogP contribution < -0.4 is 23.7 Å². The van der Waals surface area contributed by atoms with Gasteiger partial charge in [0.25, 0.3) is 0 Å². The van der Waals surface area contributed by atoms with Crippen LogP contribution in [0.2, 0.25) is 0 Å². The lowest BCUT2D eigenvalue weighted by molar-refractivity contribution is 0.0609. The molecule has 0 fully saturated rings. The molecule has 0 aliphatic heterocycles. The monoisotopic (exact) mass is 1000 g/mol. The second-order valence-corrected chi connectivity index (χ2v) is 19.6. The fourth-order valence-corrected chi connectivity index (χ4v) is 9.34. The Morgan fingerprint density at radius 1 is 0.432 bits per heavy atom. The van der Waals surface area contributed by atoms with Crippen LogP contribution >= 0.6 is 0 Å². The van der Waals surface area contributed by atoms with E-state index in [2.05, 4.69) is 132 Å². The maximum absolute atomic E-state index is 11.2. The number of aliphatic hydroxyl groups is 2. The van der Waals surface area contributed by atoms with E-state index in [1.54, 1.807) is 14.2 Å². The molecule has 5 unspecified atom stereocenters. The van der Waals surface area contributed by atoms with Crippen LogP contribution in [0.5, 0.6) is 28.7 Å². The molecule has 7 heteroatoms. The van der Waals surface area contributed by atoms with Gasteiger partial charge in [0.1, 0.15) is 31.7 Å². The van der Waals surface area contributed by atoms with Crippen LogP contribution in [-0.4, -0.2) is 56.5 Å². The number of allylic oxidation sites excluding steroid dienone is 2. The average molecular weight is 1000 g/mol. The Morgan fingerprint density at radius 3 is 1.24 bits per heavy atom. The number of aliphatic hydroxyl groups excluding tert-OH is 2. The maximum Gasteiger partial charge on any atom is 0.161 e. The summed E-state index contributed by atoms with van der Waals surface area (Å²) in [5, 5.41) is 21.3. The highest BCUT2D eigenvalue weighted by Gasteiger charge is 2.26. The first kappa shape index (κ1) is 58.6. The SMILES string of the molecule is C=CCc1ccc(OCC(O)CCCCCCCCCCCC)c(OC)c1.C=CCc1ccc(OCC(O)COc2c(C(C)c3ccccc3)cc(C(C)c3ccccc3)cc2C(C)c2ccccc2)c(OC)c1. The van der Waals surface area contributed by atoms with E-state index >= 15 is 0 Å². The molecule has 0 aliphatic rings. The molecule has 0 bridgehead atoms. The van der Waals surface area contributed by atoms with Crippen LogP contribution in [0.3, 0.4) is 0 Å². The van der Waals surface area contributed by atoms with E-state index < -0.39 is 12.2 Å². The van der Waals surface area contributed by atoms with Gasteiger partial charge in [0.15, 0.2) is 23.0 Å². The molecule has 0 aromatic heterocycles. The lowest BCUT2D eigenvalue weighted by Crippen LogP contribution is -2.26. The molecule has 74 heavy (non-hydrogen) atoms. The number of unbranched alkanes of at least 4 members (excludes halogenated alkanes) is 9. The molecule has 396 valence electrons. The molecule has 5 atom stereocenters. The Kier molecular flexibility index (Phi) is 26.0. The zero-order valence-electron chi connectivity index (χ0n) is 45.5. The standard InChI is InChI=1S/C43H46O4.C24H40O3/c1-6-16-33-23-24-41(42(25-33)45-5)46-28-38(44)29-47-43-39(31(3)35-19-12-8-13-20-35)26-37(30(2)34-17-10-7-11-18-34)27-40(43)32(4)36-21-14-9-15-22-36;1-4-6-7-8-9-10-11-12-13-14-16-22(25)20-27-23-18-17-21(15-5-2)19-24(23)26-3/h6-15,17-27,30-32,38,44H,1,16,28-29H2,2-5H3;5,17-19,22,25H,2,4,6-16,20H2,1,3H3. The van der Waals surface area contributed by atoms with Gasteiger partial charge in [-0.1, -0.05) is 219 Å². The van der Waals surface area contributed by atoms with Crippen molar-refractivity contribution in [2.45, 2.75) is 141 Å². The predicted octanol–water partition coefficient (Wildman–Crippen LogP) is 16.2. The average Bonchev–Trinajstić information content (AvgIpc) is 3.44. The van der Waals surface area contributed by atoms with Crippen LogP contribution in [0.1, 0.15) is 161 Å². The second kappa shape index (κ2) is 32.8. The molecule has 0 saturated carbocycles. The third-order valence-corrected chi connectivity index (χ3v) is 13.9. The van der Waals surface area contributed by atoms with E-state index in [1.807, 2.05) is 60.7 Å². The van der Waals surface area contributed by atoms with Gasteiger partial charge in [-0.2, -0.15) is 0 Å². The van der Waals surface area contributed by atoms with Crippen molar-refractivity contribution >= 4 is 0 Å². The molecule has 7 nitrogen and oxygen atoms in total. The van der Waals surface area contributed by atoms with Crippen molar-refractivity contribution in [1.29, 1.82) is 0 Å². The lowest BCUT2D eigenvalue weighted by atomic mass is 9.81. The molecule has 2 N–H and O–H groups in total. The van der Waals surface area contributed by atoms with Crippen LogP contribution in [0.25, 0.3) is 0 Å². The highest BCUT2D eigenvalue weighted by atomic mass is 16.5. The predicted molar refractivity (Wildman–Crippen MR) is 307 cm³/mol. The van der Waals surface area contributed by atoms with Crippen LogP contribution in [0.15, 0.2) is 165 Å². The number of benzene rings is 6. The third-order valence-electron chi connectivity index (χ3n) is 13.9. The van der Waals surface area contributed by atoms with Gasteiger partial charge >= 0.3 is 0 Å². The van der Waals surface area contributed by atoms with Gasteiger partial charge in [0.05, 0.1) is 20.3 Å². The summed E-state index contributed by atoms with van der Waals surface area (Å²) in [5.41, 5.74) is 9.32. The quantitative estimate of drug-likeness (QED) is 0.0322. The Bertz CT molecular complexity index is 2440. The molecule has 0 spiro atoms. The van der Waals surface area contributed by atoms with Crippen molar-refractivity contribution in [3.8, 4) is 28.7 Å². The summed E-state index contributed by atoms with van der Waals surface area (Å²) < 4.78 is 29.4. The fourth-order valence-electron chi connectivity index (χ4n) is 9.34. The maximum atomic E-state index is 11.2. The van der Waals surface area contributed by atoms with Crippen molar-refractivity contribution in [2.24, 2.45) is 0 Å². The lowest BCUT2D eigenvalue weighted by Gasteiger charge is -2.27. The summed E-state index contributed by atoms with van der Waals surface area (Å²) in [6.07, 6.45) is 17.9. The Morgan fingerprint density at radius 2 is 0.824 bits per heavy atom. The number of ether oxygens (including phenoxy) is 5. The van der Waals surface area contributed by atoms with Crippen LogP contribution in [0.4, 0.5) is 0 Å². The first-order chi connectivity index (χ1) is 36.1. The van der Waals surface area contributed by atoms with E-state index in [-0.39, 0.29) is 31.0 Å². The molecule has 6 rings (SSSR count).